The Kier molecular flexibility index (Phi) is 7.98. The number of likely N-dealkylation sites (tertiary alicyclic amines) is 1. The van der Waals surface area contributed by atoms with Crippen molar-refractivity contribution in [2.75, 3.05) is 45.5 Å². The molecule has 7 nitrogen and oxygen atoms in total. The lowest BCUT2D eigenvalue weighted by molar-refractivity contribution is 0.190. The molecule has 3 N–H and O–H groups in total. The van der Waals surface area contributed by atoms with Crippen molar-refractivity contribution in [3.8, 4) is 0 Å². The summed E-state index contributed by atoms with van der Waals surface area (Å²) in [6.45, 7) is 6.75. The van der Waals surface area contributed by atoms with Crippen LogP contribution < -0.4 is 15.4 Å². The molecule has 0 aromatic heterocycles. The minimum atomic E-state index is -3.19. The monoisotopic (exact) mass is 320 g/mol. The van der Waals surface area contributed by atoms with Gasteiger partial charge in [-0.3, -0.25) is 0 Å². The van der Waals surface area contributed by atoms with E-state index in [2.05, 4.69) is 27.2 Å². The van der Waals surface area contributed by atoms with Gasteiger partial charge in [-0.1, -0.05) is 6.92 Å². The van der Waals surface area contributed by atoms with Gasteiger partial charge in [0.05, 0.1) is 6.26 Å². The molecule has 124 valence electrons. The molecule has 8 heteroatoms. The smallest absolute Gasteiger partial charge is 0.314 e. The predicted molar refractivity (Wildman–Crippen MR) is 83.7 cm³/mol. The molecule has 0 bridgehead atoms. The molecule has 1 fully saturated rings. The molecule has 0 aliphatic carbocycles. The van der Waals surface area contributed by atoms with Crippen molar-refractivity contribution < 1.29 is 13.2 Å². The molecule has 21 heavy (non-hydrogen) atoms. The summed E-state index contributed by atoms with van der Waals surface area (Å²) in [5.41, 5.74) is 0. The van der Waals surface area contributed by atoms with Gasteiger partial charge in [0.25, 0.3) is 0 Å². The standard InChI is InChI=1S/C13H28N4O3S/c1-12-4-10-17(11-5-12)9-3-6-14-13(18)15-7-8-16-21(2,19)20/h12,16H,3-11H2,1-2H3,(H2,14,15,18). The normalized spacial score (nSPS) is 17.6. The van der Waals surface area contributed by atoms with E-state index < -0.39 is 10.0 Å². The van der Waals surface area contributed by atoms with Gasteiger partial charge in [0.15, 0.2) is 0 Å². The largest absolute Gasteiger partial charge is 0.338 e. The minimum Gasteiger partial charge on any atom is -0.338 e. The maximum Gasteiger partial charge on any atom is 0.314 e. The maximum atomic E-state index is 11.4. The first-order chi connectivity index (χ1) is 9.87. The SMILES string of the molecule is CC1CCN(CCCNC(=O)NCCNS(C)(=O)=O)CC1. The second kappa shape index (κ2) is 9.22. The third-order valence-corrected chi connectivity index (χ3v) is 4.32. The molecular formula is C13H28N4O3S. The molecule has 0 aromatic carbocycles. The Morgan fingerprint density at radius 3 is 2.38 bits per heavy atom. The van der Waals surface area contributed by atoms with E-state index in [1.807, 2.05) is 0 Å². The molecule has 0 atom stereocenters. The Morgan fingerprint density at radius 2 is 1.76 bits per heavy atom. The molecule has 1 heterocycles. The highest BCUT2D eigenvalue weighted by Crippen LogP contribution is 2.15. The van der Waals surface area contributed by atoms with Crippen molar-refractivity contribution in [1.29, 1.82) is 0 Å². The summed E-state index contributed by atoms with van der Waals surface area (Å²) in [7, 11) is -3.19. The summed E-state index contributed by atoms with van der Waals surface area (Å²) in [5, 5.41) is 5.38. The minimum absolute atomic E-state index is 0.207. The zero-order valence-corrected chi connectivity index (χ0v) is 13.8. The Bertz CT molecular complexity index is 406. The van der Waals surface area contributed by atoms with E-state index in [9.17, 15) is 13.2 Å². The van der Waals surface area contributed by atoms with Crippen molar-refractivity contribution in [1.82, 2.24) is 20.3 Å². The van der Waals surface area contributed by atoms with E-state index in [0.717, 1.165) is 38.2 Å². The van der Waals surface area contributed by atoms with Gasteiger partial charge < -0.3 is 15.5 Å². The number of urea groups is 1. The molecule has 0 spiro atoms. The Labute approximate surface area is 127 Å². The number of sulfonamides is 1. The molecule has 2 amide bonds. The van der Waals surface area contributed by atoms with Crippen LogP contribution in [0.1, 0.15) is 26.2 Å². The van der Waals surface area contributed by atoms with E-state index in [4.69, 9.17) is 0 Å². The van der Waals surface area contributed by atoms with Gasteiger partial charge in [-0.2, -0.15) is 0 Å². The van der Waals surface area contributed by atoms with Gasteiger partial charge in [-0.15, -0.1) is 0 Å². The Morgan fingerprint density at radius 1 is 1.14 bits per heavy atom. The van der Waals surface area contributed by atoms with Crippen molar-refractivity contribution in [3.63, 3.8) is 0 Å². The van der Waals surface area contributed by atoms with Gasteiger partial charge >= 0.3 is 6.03 Å². The van der Waals surface area contributed by atoms with Crippen LogP contribution in [0.3, 0.4) is 0 Å². The number of carbonyl (C=O) groups excluding carboxylic acids is 1. The number of rotatable bonds is 8. The summed E-state index contributed by atoms with van der Waals surface area (Å²) in [6, 6.07) is -0.252. The number of nitrogens with zero attached hydrogens (tertiary/aromatic N) is 1. The van der Waals surface area contributed by atoms with Gasteiger partial charge in [0.1, 0.15) is 0 Å². The average molecular weight is 320 g/mol. The molecule has 1 saturated heterocycles. The number of amides is 2. The average Bonchev–Trinajstić information content (AvgIpc) is 2.41. The highest BCUT2D eigenvalue weighted by molar-refractivity contribution is 7.88. The molecular weight excluding hydrogens is 292 g/mol. The molecule has 1 aliphatic rings. The highest BCUT2D eigenvalue weighted by Gasteiger charge is 2.14. The van der Waals surface area contributed by atoms with E-state index in [0.29, 0.717) is 6.54 Å². The number of hydrogen-bond acceptors (Lipinski definition) is 4. The Balaban J connectivity index is 1.96. The lowest BCUT2D eigenvalue weighted by Crippen LogP contribution is -2.41. The number of piperidine rings is 1. The molecule has 0 saturated carbocycles. The van der Waals surface area contributed by atoms with Gasteiger partial charge in [0.2, 0.25) is 10.0 Å². The summed E-state index contributed by atoms with van der Waals surface area (Å²) in [5.74, 6) is 0.839. The van der Waals surface area contributed by atoms with Crippen LogP contribution in [0.5, 0.6) is 0 Å². The third kappa shape index (κ3) is 9.65. The zero-order valence-electron chi connectivity index (χ0n) is 13.0. The predicted octanol–water partition coefficient (Wildman–Crippen LogP) is -0.0432. The fourth-order valence-electron chi connectivity index (χ4n) is 2.27. The van der Waals surface area contributed by atoms with Crippen molar-refractivity contribution in [2.45, 2.75) is 26.2 Å². The fourth-order valence-corrected chi connectivity index (χ4v) is 2.74. The first kappa shape index (κ1) is 18.2. The van der Waals surface area contributed by atoms with Crippen molar-refractivity contribution >= 4 is 16.1 Å². The quantitative estimate of drug-likeness (QED) is 0.547. The van der Waals surface area contributed by atoms with Crippen LogP contribution in [0, 0.1) is 5.92 Å². The lowest BCUT2D eigenvalue weighted by Gasteiger charge is -2.30. The summed E-state index contributed by atoms with van der Waals surface area (Å²) >= 11 is 0. The van der Waals surface area contributed by atoms with Gasteiger partial charge in [-0.05, 0) is 44.8 Å². The third-order valence-electron chi connectivity index (χ3n) is 3.59. The summed E-state index contributed by atoms with van der Waals surface area (Å²) in [4.78, 5) is 13.9. The highest BCUT2D eigenvalue weighted by atomic mass is 32.2. The molecule has 0 radical (unpaired) electrons. The lowest BCUT2D eigenvalue weighted by atomic mass is 9.99. The van der Waals surface area contributed by atoms with E-state index in [1.165, 1.54) is 12.8 Å². The Hall–Kier alpha value is -0.860. The maximum absolute atomic E-state index is 11.4. The van der Waals surface area contributed by atoms with Crippen LogP contribution >= 0.6 is 0 Å². The van der Waals surface area contributed by atoms with Crippen molar-refractivity contribution in [3.05, 3.63) is 0 Å². The van der Waals surface area contributed by atoms with Gasteiger partial charge in [0, 0.05) is 19.6 Å². The second-order valence-corrected chi connectivity index (χ2v) is 7.56. The van der Waals surface area contributed by atoms with E-state index >= 15 is 0 Å². The number of carbonyl (C=O) groups is 1. The van der Waals surface area contributed by atoms with Crippen LogP contribution in [-0.4, -0.2) is 64.9 Å². The number of hydrogen-bond donors (Lipinski definition) is 3. The fraction of sp³-hybridized carbons (Fsp3) is 0.923. The van der Waals surface area contributed by atoms with Crippen LogP contribution in [-0.2, 0) is 10.0 Å². The van der Waals surface area contributed by atoms with E-state index in [1.54, 1.807) is 0 Å². The van der Waals surface area contributed by atoms with Crippen LogP contribution in [0.25, 0.3) is 0 Å². The van der Waals surface area contributed by atoms with Crippen LogP contribution in [0.15, 0.2) is 0 Å². The van der Waals surface area contributed by atoms with E-state index in [-0.39, 0.29) is 19.1 Å². The number of nitrogens with one attached hydrogen (secondary N) is 3. The zero-order chi connectivity index (χ0) is 15.7. The molecule has 0 unspecified atom stereocenters. The molecule has 1 aliphatic heterocycles. The first-order valence-electron chi connectivity index (χ1n) is 7.55. The van der Waals surface area contributed by atoms with Crippen LogP contribution in [0.4, 0.5) is 4.79 Å². The topological polar surface area (TPSA) is 90.5 Å². The summed E-state index contributed by atoms with van der Waals surface area (Å²) in [6.07, 6.45) is 4.56. The van der Waals surface area contributed by atoms with Gasteiger partial charge in [-0.25, -0.2) is 17.9 Å². The summed E-state index contributed by atoms with van der Waals surface area (Å²) < 4.78 is 23.9. The van der Waals surface area contributed by atoms with Crippen molar-refractivity contribution in [2.24, 2.45) is 5.92 Å². The first-order valence-corrected chi connectivity index (χ1v) is 9.44. The second-order valence-electron chi connectivity index (χ2n) is 5.73. The molecule has 1 rings (SSSR count). The van der Waals surface area contributed by atoms with Crippen LogP contribution in [0.2, 0.25) is 0 Å². The molecule has 0 aromatic rings.